The Morgan fingerprint density at radius 3 is 2.61 bits per heavy atom. The Hall–Kier alpha value is -0.910. The van der Waals surface area contributed by atoms with Gasteiger partial charge in [0.15, 0.2) is 0 Å². The first-order valence-corrected chi connectivity index (χ1v) is 6.72. The number of nitrogens with zero attached hydrogens (tertiary/aromatic N) is 3. The van der Waals surface area contributed by atoms with E-state index < -0.39 is 0 Å². The molecule has 1 aromatic rings. The lowest BCUT2D eigenvalue weighted by Gasteiger charge is -2.32. The molecule has 2 heterocycles. The predicted molar refractivity (Wildman–Crippen MR) is 71.4 cm³/mol. The lowest BCUT2D eigenvalue weighted by Crippen LogP contribution is -2.45. The zero-order valence-corrected chi connectivity index (χ0v) is 11.8. The Labute approximate surface area is 110 Å². The molecule has 5 nitrogen and oxygen atoms in total. The zero-order chi connectivity index (χ0) is 13.2. The number of rotatable bonds is 5. The second-order valence-corrected chi connectivity index (χ2v) is 4.19. The molecule has 0 atom stereocenters. The summed E-state index contributed by atoms with van der Waals surface area (Å²) in [6, 6.07) is 1.83. The van der Waals surface area contributed by atoms with Gasteiger partial charge < -0.3 is 14.2 Å². The third-order valence-electron chi connectivity index (χ3n) is 2.89. The van der Waals surface area contributed by atoms with Crippen LogP contribution in [0.2, 0.25) is 0 Å². The van der Waals surface area contributed by atoms with Gasteiger partial charge in [-0.05, 0) is 7.05 Å². The fraction of sp³-hybridized carbons (Fsp3) is 0.769. The molecular formula is C13H25N3O2. The molecule has 0 bridgehead atoms. The minimum absolute atomic E-state index is 0.546. The Bertz CT molecular complexity index is 282. The number of hydrogen-bond acceptors (Lipinski definition) is 5. The lowest BCUT2D eigenvalue weighted by molar-refractivity contribution is 0.0713. The molecule has 0 amide bonds. The monoisotopic (exact) mass is 255 g/mol. The number of aromatic nitrogens is 1. The largest absolute Gasteiger partial charge is 0.374 e. The lowest BCUT2D eigenvalue weighted by atomic mass is 10.3. The van der Waals surface area contributed by atoms with E-state index in [-0.39, 0.29) is 0 Å². The van der Waals surface area contributed by atoms with E-state index in [4.69, 9.17) is 9.26 Å². The second kappa shape index (κ2) is 9.08. The molecule has 2 rings (SSSR count). The van der Waals surface area contributed by atoms with Crippen LogP contribution in [-0.4, -0.2) is 61.3 Å². The fourth-order valence-electron chi connectivity index (χ4n) is 1.75. The van der Waals surface area contributed by atoms with E-state index in [1.807, 2.05) is 19.9 Å². The first kappa shape index (κ1) is 15.1. The summed E-state index contributed by atoms with van der Waals surface area (Å²) in [6.07, 6.45) is 1.57. The number of likely N-dealkylation sites (N-methyl/N-ethyl adjacent to an activating group) is 1. The van der Waals surface area contributed by atoms with Crippen LogP contribution in [0.4, 0.5) is 0 Å². The number of ether oxygens (including phenoxy) is 1. The molecular weight excluding hydrogens is 230 g/mol. The highest BCUT2D eigenvalue weighted by Crippen LogP contribution is 2.00. The van der Waals surface area contributed by atoms with Gasteiger partial charge in [-0.2, -0.15) is 0 Å². The summed E-state index contributed by atoms with van der Waals surface area (Å²) < 4.78 is 10.3. The highest BCUT2D eigenvalue weighted by molar-refractivity contribution is 4.92. The van der Waals surface area contributed by atoms with Crippen molar-refractivity contribution < 1.29 is 9.26 Å². The van der Waals surface area contributed by atoms with E-state index in [0.29, 0.717) is 6.61 Å². The summed E-state index contributed by atoms with van der Waals surface area (Å²) >= 11 is 0. The van der Waals surface area contributed by atoms with Crippen LogP contribution >= 0.6 is 0 Å². The van der Waals surface area contributed by atoms with Crippen LogP contribution in [0.5, 0.6) is 0 Å². The molecule has 1 fully saturated rings. The van der Waals surface area contributed by atoms with Gasteiger partial charge in [0.2, 0.25) is 0 Å². The highest BCUT2D eigenvalue weighted by atomic mass is 16.5. The highest BCUT2D eigenvalue weighted by Gasteiger charge is 2.12. The minimum atomic E-state index is 0.546. The molecule has 0 unspecified atom stereocenters. The molecule has 104 valence electrons. The molecule has 1 saturated heterocycles. The first-order chi connectivity index (χ1) is 8.84. The summed E-state index contributed by atoms with van der Waals surface area (Å²) in [4.78, 5) is 4.79. The van der Waals surface area contributed by atoms with Gasteiger partial charge in [-0.3, -0.25) is 4.90 Å². The van der Waals surface area contributed by atoms with Gasteiger partial charge in [-0.25, -0.2) is 0 Å². The van der Waals surface area contributed by atoms with Crippen molar-refractivity contribution >= 4 is 0 Å². The van der Waals surface area contributed by atoms with Crippen molar-refractivity contribution in [3.63, 3.8) is 0 Å². The SMILES string of the molecule is CC.CN1CCN(CCOCc2ccon2)CC1. The average molecular weight is 255 g/mol. The summed E-state index contributed by atoms with van der Waals surface area (Å²) in [5, 5.41) is 3.79. The van der Waals surface area contributed by atoms with E-state index >= 15 is 0 Å². The van der Waals surface area contributed by atoms with E-state index in [1.165, 1.54) is 0 Å². The summed E-state index contributed by atoms with van der Waals surface area (Å²) in [7, 11) is 2.17. The number of hydrogen-bond donors (Lipinski definition) is 0. The summed E-state index contributed by atoms with van der Waals surface area (Å²) in [6.45, 7) is 10.9. The third-order valence-corrected chi connectivity index (χ3v) is 2.89. The molecule has 1 aromatic heterocycles. The van der Waals surface area contributed by atoms with Crippen molar-refractivity contribution in [3.8, 4) is 0 Å². The van der Waals surface area contributed by atoms with Gasteiger partial charge in [0, 0.05) is 38.8 Å². The molecule has 0 aliphatic carbocycles. The van der Waals surface area contributed by atoms with Crippen molar-refractivity contribution in [2.24, 2.45) is 0 Å². The van der Waals surface area contributed by atoms with Crippen LogP contribution in [0.15, 0.2) is 16.9 Å². The van der Waals surface area contributed by atoms with Gasteiger partial charge in [-0.15, -0.1) is 0 Å². The van der Waals surface area contributed by atoms with Gasteiger partial charge in [0.1, 0.15) is 12.0 Å². The molecule has 18 heavy (non-hydrogen) atoms. The van der Waals surface area contributed by atoms with E-state index in [2.05, 4.69) is 22.0 Å². The molecule has 0 spiro atoms. The van der Waals surface area contributed by atoms with Crippen molar-refractivity contribution in [1.82, 2.24) is 15.0 Å². The number of piperazine rings is 1. The topological polar surface area (TPSA) is 41.7 Å². The summed E-state index contributed by atoms with van der Waals surface area (Å²) in [5.41, 5.74) is 0.860. The molecule has 0 aromatic carbocycles. The van der Waals surface area contributed by atoms with E-state index in [0.717, 1.165) is 45.0 Å². The van der Waals surface area contributed by atoms with Crippen LogP contribution < -0.4 is 0 Å². The molecule has 1 aliphatic rings. The summed E-state index contributed by atoms with van der Waals surface area (Å²) in [5.74, 6) is 0. The molecule has 1 aliphatic heterocycles. The Balaban J connectivity index is 0.000000771. The van der Waals surface area contributed by atoms with E-state index in [9.17, 15) is 0 Å². The molecule has 5 heteroatoms. The second-order valence-electron chi connectivity index (χ2n) is 4.19. The normalized spacial score (nSPS) is 17.3. The van der Waals surface area contributed by atoms with Crippen LogP contribution in [0.1, 0.15) is 19.5 Å². The van der Waals surface area contributed by atoms with Crippen molar-refractivity contribution in [1.29, 1.82) is 0 Å². The Morgan fingerprint density at radius 2 is 2.00 bits per heavy atom. The van der Waals surface area contributed by atoms with Crippen molar-refractivity contribution in [3.05, 3.63) is 18.0 Å². The zero-order valence-electron chi connectivity index (χ0n) is 11.8. The average Bonchev–Trinajstić information content (AvgIpc) is 2.92. The third kappa shape index (κ3) is 5.62. The van der Waals surface area contributed by atoms with Gasteiger partial charge in [-0.1, -0.05) is 19.0 Å². The Kier molecular flexibility index (Phi) is 7.64. The van der Waals surface area contributed by atoms with Gasteiger partial charge in [0.05, 0.1) is 13.2 Å². The van der Waals surface area contributed by atoms with Crippen molar-refractivity contribution in [2.75, 3.05) is 46.4 Å². The van der Waals surface area contributed by atoms with Crippen LogP contribution in [0.25, 0.3) is 0 Å². The molecule has 0 N–H and O–H groups in total. The standard InChI is InChI=1S/C11H19N3O2.C2H6/c1-13-3-5-14(6-4-13)7-9-15-10-11-2-8-16-12-11;1-2/h2,8H,3-7,9-10H2,1H3;1-2H3. The first-order valence-electron chi connectivity index (χ1n) is 6.72. The Morgan fingerprint density at radius 1 is 1.28 bits per heavy atom. The smallest absolute Gasteiger partial charge is 0.124 e. The minimum Gasteiger partial charge on any atom is -0.374 e. The maximum Gasteiger partial charge on any atom is 0.124 e. The maximum absolute atomic E-state index is 5.53. The molecule has 0 saturated carbocycles. The fourth-order valence-corrected chi connectivity index (χ4v) is 1.75. The maximum atomic E-state index is 5.53. The van der Waals surface area contributed by atoms with E-state index in [1.54, 1.807) is 6.26 Å². The molecule has 0 radical (unpaired) electrons. The van der Waals surface area contributed by atoms with Crippen LogP contribution in [0.3, 0.4) is 0 Å². The van der Waals surface area contributed by atoms with Crippen LogP contribution in [-0.2, 0) is 11.3 Å². The van der Waals surface area contributed by atoms with Crippen molar-refractivity contribution in [2.45, 2.75) is 20.5 Å². The van der Waals surface area contributed by atoms with Gasteiger partial charge >= 0.3 is 0 Å². The van der Waals surface area contributed by atoms with Gasteiger partial charge in [0.25, 0.3) is 0 Å². The predicted octanol–water partition coefficient (Wildman–Crippen LogP) is 1.46. The quantitative estimate of drug-likeness (QED) is 0.745. The van der Waals surface area contributed by atoms with Crippen LogP contribution in [0, 0.1) is 0 Å².